The minimum atomic E-state index is -4.51. The van der Waals surface area contributed by atoms with Crippen LogP contribution in [0.2, 0.25) is 0 Å². The van der Waals surface area contributed by atoms with Crippen LogP contribution in [-0.4, -0.2) is 44.7 Å². The van der Waals surface area contributed by atoms with Crippen LogP contribution >= 0.6 is 0 Å². The molecule has 0 spiro atoms. The highest BCUT2D eigenvalue weighted by atomic mass is 19.4. The van der Waals surface area contributed by atoms with E-state index in [9.17, 15) is 18.0 Å². The molecule has 2 N–H and O–H groups in total. The predicted octanol–water partition coefficient (Wildman–Crippen LogP) is 2.84. The Hall–Kier alpha value is -2.74. The highest BCUT2D eigenvalue weighted by Crippen LogP contribution is 2.34. The van der Waals surface area contributed by atoms with Crippen LogP contribution in [0.25, 0.3) is 0 Å². The van der Waals surface area contributed by atoms with Crippen molar-refractivity contribution in [3.05, 3.63) is 54.1 Å². The van der Waals surface area contributed by atoms with Crippen molar-refractivity contribution in [2.24, 2.45) is 0 Å². The molecule has 5 nitrogen and oxygen atoms in total. The molecule has 0 radical (unpaired) electrons. The molecule has 0 aliphatic carbocycles. The molecule has 30 heavy (non-hydrogen) atoms. The molecule has 0 unspecified atom stereocenters. The molecule has 1 aliphatic rings. The normalized spacial score (nSPS) is 16.2. The number of nitrogens with one attached hydrogen (secondary N) is 2. The predicted molar refractivity (Wildman–Crippen MR) is 110 cm³/mol. The van der Waals surface area contributed by atoms with E-state index >= 15 is 0 Å². The van der Waals surface area contributed by atoms with Gasteiger partial charge in [-0.05, 0) is 38.1 Å². The highest BCUT2D eigenvalue weighted by molar-refractivity contribution is 5.94. The zero-order valence-electron chi connectivity index (χ0n) is 17.1. The van der Waals surface area contributed by atoms with Gasteiger partial charge in [0, 0.05) is 0 Å². The lowest BCUT2D eigenvalue weighted by Gasteiger charge is -2.36. The number of piperazine rings is 1. The van der Waals surface area contributed by atoms with Crippen LogP contribution in [0, 0.1) is 0 Å². The summed E-state index contributed by atoms with van der Waals surface area (Å²) in [6.45, 7) is 7.15. The second-order valence-corrected chi connectivity index (χ2v) is 7.30. The molecule has 2 aromatic carbocycles. The molecule has 162 valence electrons. The van der Waals surface area contributed by atoms with Crippen LogP contribution in [0.4, 0.5) is 24.5 Å². The third-order valence-corrected chi connectivity index (χ3v) is 5.41. The summed E-state index contributed by atoms with van der Waals surface area (Å²) in [4.78, 5) is 15.9. The first-order valence-electron chi connectivity index (χ1n) is 10.1. The number of anilines is 2. The zero-order chi connectivity index (χ0) is 21.7. The fraction of sp³-hybridized carbons (Fsp3) is 0.409. The molecule has 1 aliphatic heterocycles. The van der Waals surface area contributed by atoms with Crippen molar-refractivity contribution in [1.82, 2.24) is 0 Å². The molecule has 1 heterocycles. The van der Waals surface area contributed by atoms with Crippen molar-refractivity contribution in [1.29, 1.82) is 0 Å². The molecule has 2 aromatic rings. The van der Waals surface area contributed by atoms with Crippen molar-refractivity contribution >= 4 is 17.3 Å². The van der Waals surface area contributed by atoms with Gasteiger partial charge in [0.25, 0.3) is 5.91 Å². The smallest absolute Gasteiger partial charge is 0.418 e. The Balaban J connectivity index is 1.62. The maximum absolute atomic E-state index is 13.2. The summed E-state index contributed by atoms with van der Waals surface area (Å²) in [5.41, 5.74) is -0.0157. The van der Waals surface area contributed by atoms with Crippen LogP contribution in [0.5, 0.6) is 5.75 Å². The maximum Gasteiger partial charge on any atom is 0.418 e. The number of alkyl halides is 3. The Morgan fingerprint density at radius 2 is 1.77 bits per heavy atom. The topological polar surface area (TPSA) is 46.0 Å². The average molecular weight is 422 g/mol. The van der Waals surface area contributed by atoms with E-state index in [-0.39, 0.29) is 5.69 Å². The van der Waals surface area contributed by atoms with Crippen LogP contribution in [0.3, 0.4) is 0 Å². The van der Waals surface area contributed by atoms with E-state index in [4.69, 9.17) is 4.74 Å². The van der Waals surface area contributed by atoms with E-state index in [0.29, 0.717) is 19.7 Å². The number of hydrogen-bond acceptors (Lipinski definition) is 3. The molecule has 1 saturated heterocycles. The summed E-state index contributed by atoms with van der Waals surface area (Å²) in [6.07, 6.45) is -4.51. The van der Waals surface area contributed by atoms with Gasteiger partial charge in [-0.15, -0.1) is 0 Å². The summed E-state index contributed by atoms with van der Waals surface area (Å²) >= 11 is 0. The first kappa shape index (κ1) is 22.0. The Morgan fingerprint density at radius 3 is 2.43 bits per heavy atom. The number of para-hydroxylation sites is 3. The average Bonchev–Trinajstić information content (AvgIpc) is 2.73. The van der Waals surface area contributed by atoms with Crippen LogP contribution in [-0.2, 0) is 11.0 Å². The number of amides is 1. The molecule has 0 saturated carbocycles. The van der Waals surface area contributed by atoms with E-state index in [1.165, 1.54) is 18.2 Å². The Bertz CT molecular complexity index is 865. The number of benzene rings is 2. The number of quaternary nitrogens is 1. The summed E-state index contributed by atoms with van der Waals surface area (Å²) in [6, 6.07) is 12.4. The van der Waals surface area contributed by atoms with Gasteiger partial charge in [-0.3, -0.25) is 4.79 Å². The SMILES string of the molecule is CCOc1ccccc1N1CC[NH+]([C@H](C)C(=O)Nc2ccccc2C(F)(F)F)CC1. The second-order valence-electron chi connectivity index (χ2n) is 7.30. The molecular formula is C22H27F3N3O2+. The van der Waals surface area contributed by atoms with Gasteiger partial charge in [-0.2, -0.15) is 13.2 Å². The van der Waals surface area contributed by atoms with Gasteiger partial charge in [-0.25, -0.2) is 0 Å². The summed E-state index contributed by atoms with van der Waals surface area (Å²) in [7, 11) is 0. The lowest BCUT2D eigenvalue weighted by molar-refractivity contribution is -0.914. The molecule has 8 heteroatoms. The quantitative estimate of drug-likeness (QED) is 0.753. The third kappa shape index (κ3) is 5.05. The van der Waals surface area contributed by atoms with Gasteiger partial charge in [0.2, 0.25) is 0 Å². The largest absolute Gasteiger partial charge is 0.492 e. The van der Waals surface area contributed by atoms with E-state index in [2.05, 4.69) is 10.2 Å². The lowest BCUT2D eigenvalue weighted by atomic mass is 10.1. The molecule has 1 fully saturated rings. The highest BCUT2D eigenvalue weighted by Gasteiger charge is 2.35. The first-order valence-corrected chi connectivity index (χ1v) is 10.1. The first-order chi connectivity index (χ1) is 14.3. The number of rotatable bonds is 6. The summed E-state index contributed by atoms with van der Waals surface area (Å²) < 4.78 is 45.2. The monoisotopic (exact) mass is 422 g/mol. The lowest BCUT2D eigenvalue weighted by Crippen LogP contribution is -3.19. The molecular weight excluding hydrogens is 395 g/mol. The number of hydrogen-bond donors (Lipinski definition) is 2. The van der Waals surface area contributed by atoms with Crippen LogP contribution < -0.4 is 19.9 Å². The van der Waals surface area contributed by atoms with Gasteiger partial charge in [-0.1, -0.05) is 24.3 Å². The van der Waals surface area contributed by atoms with E-state index in [0.717, 1.165) is 35.5 Å². The Morgan fingerprint density at radius 1 is 1.13 bits per heavy atom. The number of halogens is 3. The van der Waals surface area contributed by atoms with Gasteiger partial charge < -0.3 is 19.9 Å². The van der Waals surface area contributed by atoms with Crippen LogP contribution in [0.1, 0.15) is 19.4 Å². The second kappa shape index (κ2) is 9.38. The number of carbonyl (C=O) groups excluding carboxylic acids is 1. The van der Waals surface area contributed by atoms with Gasteiger partial charge in [0.15, 0.2) is 6.04 Å². The fourth-order valence-corrected chi connectivity index (χ4v) is 3.73. The maximum atomic E-state index is 13.2. The molecule has 0 aromatic heterocycles. The van der Waals surface area contributed by atoms with E-state index in [1.54, 1.807) is 6.92 Å². The summed E-state index contributed by atoms with van der Waals surface area (Å²) in [5, 5.41) is 2.47. The minimum Gasteiger partial charge on any atom is -0.492 e. The Labute approximate surface area is 174 Å². The molecule has 1 atom stereocenters. The molecule has 1 amide bonds. The molecule has 0 bridgehead atoms. The fourth-order valence-electron chi connectivity index (χ4n) is 3.73. The van der Waals surface area contributed by atoms with E-state index in [1.807, 2.05) is 31.2 Å². The van der Waals surface area contributed by atoms with Crippen molar-refractivity contribution in [2.45, 2.75) is 26.1 Å². The van der Waals surface area contributed by atoms with Gasteiger partial charge >= 0.3 is 6.18 Å². The minimum absolute atomic E-state index is 0.203. The summed E-state index contributed by atoms with van der Waals surface area (Å²) in [5.74, 6) is 0.419. The van der Waals surface area contributed by atoms with Gasteiger partial charge in [0.05, 0.1) is 49.7 Å². The van der Waals surface area contributed by atoms with Crippen molar-refractivity contribution in [3.63, 3.8) is 0 Å². The number of ether oxygens (including phenoxy) is 1. The van der Waals surface area contributed by atoms with E-state index < -0.39 is 23.7 Å². The van der Waals surface area contributed by atoms with Gasteiger partial charge in [0.1, 0.15) is 5.75 Å². The molecule has 3 rings (SSSR count). The zero-order valence-corrected chi connectivity index (χ0v) is 17.1. The van der Waals surface area contributed by atoms with Crippen molar-refractivity contribution in [3.8, 4) is 5.75 Å². The van der Waals surface area contributed by atoms with Crippen molar-refractivity contribution in [2.75, 3.05) is 43.0 Å². The Kier molecular flexibility index (Phi) is 6.87. The van der Waals surface area contributed by atoms with Crippen molar-refractivity contribution < 1.29 is 27.6 Å². The van der Waals surface area contributed by atoms with Crippen LogP contribution in [0.15, 0.2) is 48.5 Å². The number of nitrogens with zero attached hydrogens (tertiary/aromatic N) is 1. The number of carbonyl (C=O) groups is 1. The standard InChI is InChI=1S/C22H26F3N3O2/c1-3-30-20-11-7-6-10-19(20)28-14-12-27(13-15-28)16(2)21(29)26-18-9-5-4-8-17(18)22(23,24)25/h4-11,16H,3,12-15H2,1-2H3,(H,26,29)/p+1/t16-/m1/s1. The third-order valence-electron chi connectivity index (χ3n) is 5.41.